The molecule has 1 aliphatic heterocycles. The largest absolute Gasteiger partial charge is 0.371 e. The number of para-hydroxylation sites is 1. The van der Waals surface area contributed by atoms with E-state index >= 15 is 0 Å². The molecule has 166 valence electrons. The van der Waals surface area contributed by atoms with E-state index in [1.807, 2.05) is 28.8 Å². The Morgan fingerprint density at radius 3 is 2.61 bits per heavy atom. The third-order valence-corrected chi connectivity index (χ3v) is 5.51. The fraction of sp³-hybridized carbons (Fsp3) is 0.435. The van der Waals surface area contributed by atoms with Gasteiger partial charge in [0.25, 0.3) is 0 Å². The average Bonchev–Trinajstić information content (AvgIpc) is 3.21. The summed E-state index contributed by atoms with van der Waals surface area (Å²) in [6, 6.07) is 17.1. The molecule has 4 rings (SSSR count). The molecule has 0 bridgehead atoms. The molecule has 0 spiro atoms. The molecule has 3 heterocycles. The van der Waals surface area contributed by atoms with Crippen molar-refractivity contribution < 1.29 is 0 Å². The van der Waals surface area contributed by atoms with Crippen LogP contribution in [0.3, 0.4) is 0 Å². The summed E-state index contributed by atoms with van der Waals surface area (Å²) in [5.74, 6) is 1.91. The quantitative estimate of drug-likeness (QED) is 0.211. The number of piperidine rings is 1. The minimum atomic E-state index is 0. The van der Waals surface area contributed by atoms with E-state index in [1.165, 1.54) is 5.69 Å². The molecule has 0 aliphatic carbocycles. The summed E-state index contributed by atoms with van der Waals surface area (Å²) >= 11 is 0. The van der Waals surface area contributed by atoms with Crippen LogP contribution in [0.1, 0.15) is 32.0 Å². The lowest BCUT2D eigenvalue weighted by atomic mass is 10.0. The van der Waals surface area contributed by atoms with Gasteiger partial charge in [-0.2, -0.15) is 0 Å². The first kappa shape index (κ1) is 23.3. The first-order valence-corrected chi connectivity index (χ1v) is 11.0. The number of guanidine groups is 1. The molecule has 2 aromatic heterocycles. The van der Waals surface area contributed by atoms with Crippen molar-refractivity contribution in [1.82, 2.24) is 25.2 Å². The van der Waals surface area contributed by atoms with Crippen LogP contribution in [0.25, 0.3) is 5.65 Å². The monoisotopic (exact) mass is 533 g/mol. The average molecular weight is 533 g/mol. The van der Waals surface area contributed by atoms with Crippen molar-refractivity contribution in [3.05, 3.63) is 60.6 Å². The highest BCUT2D eigenvalue weighted by molar-refractivity contribution is 14.0. The van der Waals surface area contributed by atoms with Gasteiger partial charge in [0.1, 0.15) is 5.82 Å². The predicted octanol–water partition coefficient (Wildman–Crippen LogP) is 3.50. The van der Waals surface area contributed by atoms with Gasteiger partial charge in [-0.3, -0.25) is 9.39 Å². The van der Waals surface area contributed by atoms with Crippen molar-refractivity contribution in [1.29, 1.82) is 0 Å². The molecule has 8 heteroatoms. The molecular weight excluding hydrogens is 501 g/mol. The van der Waals surface area contributed by atoms with E-state index in [9.17, 15) is 0 Å². The van der Waals surface area contributed by atoms with E-state index in [-0.39, 0.29) is 24.0 Å². The third-order valence-electron chi connectivity index (χ3n) is 5.51. The van der Waals surface area contributed by atoms with Crippen molar-refractivity contribution in [2.45, 2.75) is 38.6 Å². The van der Waals surface area contributed by atoms with Crippen LogP contribution in [0.15, 0.2) is 59.7 Å². The van der Waals surface area contributed by atoms with Crippen LogP contribution in [-0.4, -0.2) is 52.8 Å². The van der Waals surface area contributed by atoms with Gasteiger partial charge in [-0.1, -0.05) is 24.3 Å². The number of anilines is 1. The van der Waals surface area contributed by atoms with Gasteiger partial charge in [-0.15, -0.1) is 34.2 Å². The number of nitrogens with zero attached hydrogens (tertiary/aromatic N) is 5. The van der Waals surface area contributed by atoms with Gasteiger partial charge >= 0.3 is 0 Å². The molecule has 3 aromatic rings. The second-order valence-corrected chi connectivity index (χ2v) is 7.65. The molecule has 2 N–H and O–H groups in total. The van der Waals surface area contributed by atoms with E-state index < -0.39 is 0 Å². The number of hydrogen-bond donors (Lipinski definition) is 2. The predicted molar refractivity (Wildman–Crippen MR) is 138 cm³/mol. The van der Waals surface area contributed by atoms with E-state index in [4.69, 9.17) is 4.99 Å². The maximum Gasteiger partial charge on any atom is 0.191 e. The second-order valence-electron chi connectivity index (χ2n) is 7.65. The van der Waals surface area contributed by atoms with E-state index in [2.05, 4.69) is 63.0 Å². The van der Waals surface area contributed by atoms with Gasteiger partial charge in [0, 0.05) is 50.5 Å². The number of aromatic nitrogens is 3. The zero-order valence-corrected chi connectivity index (χ0v) is 20.4. The second kappa shape index (κ2) is 11.9. The van der Waals surface area contributed by atoms with Crippen LogP contribution in [0, 0.1) is 0 Å². The SMILES string of the molecule is CCNC(=NCCCc1nnc2ccccn12)NC1CCN(c2ccccc2)CC1.I. The summed E-state index contributed by atoms with van der Waals surface area (Å²) < 4.78 is 2.05. The number of nitrogens with one attached hydrogen (secondary N) is 2. The molecule has 1 aromatic carbocycles. The Morgan fingerprint density at radius 2 is 1.84 bits per heavy atom. The topological polar surface area (TPSA) is 69.8 Å². The Balaban J connectivity index is 0.00000272. The highest BCUT2D eigenvalue weighted by Crippen LogP contribution is 2.19. The van der Waals surface area contributed by atoms with E-state index in [1.54, 1.807) is 0 Å². The van der Waals surface area contributed by atoms with Gasteiger partial charge in [0.15, 0.2) is 11.6 Å². The molecule has 0 radical (unpaired) electrons. The lowest BCUT2D eigenvalue weighted by molar-refractivity contribution is 0.461. The van der Waals surface area contributed by atoms with Crippen molar-refractivity contribution in [2.24, 2.45) is 4.99 Å². The minimum absolute atomic E-state index is 0. The summed E-state index contributed by atoms with van der Waals surface area (Å²) in [4.78, 5) is 7.25. The fourth-order valence-electron chi connectivity index (χ4n) is 3.92. The van der Waals surface area contributed by atoms with Crippen LogP contribution in [-0.2, 0) is 6.42 Å². The molecule has 0 atom stereocenters. The Kier molecular flexibility index (Phi) is 8.93. The van der Waals surface area contributed by atoms with Gasteiger partial charge < -0.3 is 15.5 Å². The van der Waals surface area contributed by atoms with E-state index in [0.29, 0.717) is 6.04 Å². The van der Waals surface area contributed by atoms with Gasteiger partial charge in [-0.05, 0) is 50.5 Å². The van der Waals surface area contributed by atoms with Crippen LogP contribution < -0.4 is 15.5 Å². The smallest absolute Gasteiger partial charge is 0.191 e. The molecule has 7 nitrogen and oxygen atoms in total. The Labute approximate surface area is 201 Å². The normalized spacial score (nSPS) is 15.0. The number of pyridine rings is 1. The molecule has 1 saturated heterocycles. The molecule has 1 aliphatic rings. The summed E-state index contributed by atoms with van der Waals surface area (Å²) in [5.41, 5.74) is 2.21. The Hall–Kier alpha value is -2.36. The van der Waals surface area contributed by atoms with Gasteiger partial charge in [-0.25, -0.2) is 0 Å². The molecular formula is C23H32IN7. The van der Waals surface area contributed by atoms with Crippen molar-refractivity contribution in [3.63, 3.8) is 0 Å². The molecule has 1 fully saturated rings. The Morgan fingerprint density at radius 1 is 1.06 bits per heavy atom. The third kappa shape index (κ3) is 6.32. The van der Waals surface area contributed by atoms with Crippen molar-refractivity contribution in [3.8, 4) is 0 Å². The number of halogens is 1. The molecule has 0 amide bonds. The lowest BCUT2D eigenvalue weighted by Gasteiger charge is -2.34. The number of aryl methyl sites for hydroxylation is 1. The van der Waals surface area contributed by atoms with Gasteiger partial charge in [0.05, 0.1) is 0 Å². The summed E-state index contributed by atoms with van der Waals surface area (Å²) in [7, 11) is 0. The number of hydrogen-bond acceptors (Lipinski definition) is 4. The highest BCUT2D eigenvalue weighted by atomic mass is 127. The highest BCUT2D eigenvalue weighted by Gasteiger charge is 2.20. The van der Waals surface area contributed by atoms with Crippen molar-refractivity contribution in [2.75, 3.05) is 31.1 Å². The van der Waals surface area contributed by atoms with Crippen LogP contribution in [0.4, 0.5) is 5.69 Å². The molecule has 0 unspecified atom stereocenters. The number of benzene rings is 1. The van der Waals surface area contributed by atoms with Crippen LogP contribution >= 0.6 is 24.0 Å². The first-order chi connectivity index (χ1) is 14.8. The van der Waals surface area contributed by atoms with Crippen LogP contribution in [0.2, 0.25) is 0 Å². The summed E-state index contributed by atoms with van der Waals surface area (Å²) in [6.45, 7) is 5.88. The van der Waals surface area contributed by atoms with Gasteiger partial charge in [0.2, 0.25) is 0 Å². The maximum absolute atomic E-state index is 4.79. The van der Waals surface area contributed by atoms with E-state index in [0.717, 1.165) is 69.3 Å². The van der Waals surface area contributed by atoms with Crippen LogP contribution in [0.5, 0.6) is 0 Å². The molecule has 31 heavy (non-hydrogen) atoms. The van der Waals surface area contributed by atoms with Crippen molar-refractivity contribution >= 4 is 41.3 Å². The maximum atomic E-state index is 4.79. The molecule has 0 saturated carbocycles. The standard InChI is InChI=1S/C23H31N7.HI/c1-2-24-23(25-15-8-12-22-28-27-21-11-6-7-16-30(21)22)26-19-13-17-29(18-14-19)20-9-4-3-5-10-20;/h3-7,9-11,16,19H,2,8,12-15,17-18H2,1H3,(H2,24,25,26);1H. The summed E-state index contributed by atoms with van der Waals surface area (Å²) in [5, 5.41) is 15.5. The number of aliphatic imine (C=N–C) groups is 1. The first-order valence-electron chi connectivity index (χ1n) is 11.0. The summed E-state index contributed by atoms with van der Waals surface area (Å²) in [6.07, 6.45) is 6.06. The lowest BCUT2D eigenvalue weighted by Crippen LogP contribution is -2.48. The minimum Gasteiger partial charge on any atom is -0.371 e. The number of rotatable bonds is 7. The zero-order chi connectivity index (χ0) is 20.6. The fourth-order valence-corrected chi connectivity index (χ4v) is 3.92. The Bertz CT molecular complexity index is 949. The zero-order valence-electron chi connectivity index (χ0n) is 18.1. The number of fused-ring (bicyclic) bond motifs is 1.